The first-order valence-corrected chi connectivity index (χ1v) is 9.50. The average molecular weight is 347 g/mol. The second-order valence-electron chi connectivity index (χ2n) is 5.41. The van der Waals surface area contributed by atoms with Gasteiger partial charge in [0.25, 0.3) is 0 Å². The van der Waals surface area contributed by atoms with Crippen molar-refractivity contribution >= 4 is 27.3 Å². The lowest BCUT2D eigenvalue weighted by Gasteiger charge is -2.31. The highest BCUT2D eigenvalue weighted by molar-refractivity contribution is 7.91. The molecule has 2 heterocycles. The third kappa shape index (κ3) is 4.50. The summed E-state index contributed by atoms with van der Waals surface area (Å²) in [7, 11) is -3.61. The molecule has 1 fully saturated rings. The summed E-state index contributed by atoms with van der Waals surface area (Å²) in [5.41, 5.74) is 5.32. The van der Waals surface area contributed by atoms with Crippen LogP contribution in [0.25, 0.3) is 0 Å². The van der Waals surface area contributed by atoms with E-state index in [1.165, 1.54) is 11.4 Å². The van der Waals surface area contributed by atoms with Crippen molar-refractivity contribution in [2.45, 2.75) is 17.1 Å². The number of primary amides is 1. The van der Waals surface area contributed by atoms with Gasteiger partial charge in [-0.2, -0.15) is 0 Å². The van der Waals surface area contributed by atoms with Crippen molar-refractivity contribution in [3.05, 3.63) is 17.0 Å². The Bertz CT molecular complexity index is 615. The van der Waals surface area contributed by atoms with Gasteiger partial charge in [0, 0.05) is 31.6 Å². The Morgan fingerprint density at radius 2 is 2.32 bits per heavy atom. The number of hydrogen-bond donors (Lipinski definition) is 3. The van der Waals surface area contributed by atoms with Gasteiger partial charge in [-0.1, -0.05) is 0 Å². The molecule has 2 rings (SSSR count). The van der Waals surface area contributed by atoms with E-state index in [2.05, 4.69) is 9.62 Å². The highest BCUT2D eigenvalue weighted by Gasteiger charge is 2.21. The standard InChI is InChI=1S/C13H21N3O4S2/c14-13(18)11-6-12(21-9-11)22(19,20)15-3-5-16-4-1-2-10(7-16)8-17/h6,9-10,15,17H,1-5,7-8H2,(H2,14,18). The van der Waals surface area contributed by atoms with Gasteiger partial charge in [-0.3, -0.25) is 4.79 Å². The molecule has 0 aliphatic carbocycles. The first-order valence-electron chi connectivity index (χ1n) is 7.13. The number of nitrogens with two attached hydrogens (primary N) is 1. The summed E-state index contributed by atoms with van der Waals surface area (Å²) in [6, 6.07) is 1.29. The normalized spacial score (nSPS) is 20.1. The van der Waals surface area contributed by atoms with E-state index >= 15 is 0 Å². The zero-order chi connectivity index (χ0) is 16.2. The summed E-state index contributed by atoms with van der Waals surface area (Å²) in [5.74, 6) is -0.359. The van der Waals surface area contributed by atoms with Crippen LogP contribution in [0.1, 0.15) is 23.2 Å². The smallest absolute Gasteiger partial charge is 0.250 e. The Morgan fingerprint density at radius 3 is 2.95 bits per heavy atom. The Balaban J connectivity index is 1.85. The SMILES string of the molecule is NC(=O)c1csc(S(=O)(=O)NCCN2CCCC(CO)C2)c1. The third-order valence-electron chi connectivity index (χ3n) is 3.71. The Labute approximate surface area is 134 Å². The van der Waals surface area contributed by atoms with E-state index < -0.39 is 15.9 Å². The van der Waals surface area contributed by atoms with Crippen molar-refractivity contribution in [2.24, 2.45) is 11.7 Å². The highest BCUT2D eigenvalue weighted by Crippen LogP contribution is 2.20. The van der Waals surface area contributed by atoms with Crippen LogP contribution in [0.2, 0.25) is 0 Å². The van der Waals surface area contributed by atoms with Gasteiger partial charge in [0.1, 0.15) is 4.21 Å². The number of carbonyl (C=O) groups is 1. The molecule has 0 bridgehead atoms. The molecule has 1 aliphatic rings. The van der Waals surface area contributed by atoms with Crippen LogP contribution >= 0.6 is 11.3 Å². The summed E-state index contributed by atoms with van der Waals surface area (Å²) in [6.45, 7) is 2.79. The van der Waals surface area contributed by atoms with Crippen LogP contribution in [0.3, 0.4) is 0 Å². The second-order valence-corrected chi connectivity index (χ2v) is 8.31. The maximum atomic E-state index is 12.1. The lowest BCUT2D eigenvalue weighted by atomic mass is 9.99. The molecular formula is C13H21N3O4S2. The minimum Gasteiger partial charge on any atom is -0.396 e. The van der Waals surface area contributed by atoms with Crippen molar-refractivity contribution in [3.8, 4) is 0 Å². The fourth-order valence-corrected chi connectivity index (χ4v) is 4.73. The average Bonchev–Trinajstić information content (AvgIpc) is 2.98. The van der Waals surface area contributed by atoms with Gasteiger partial charge >= 0.3 is 0 Å². The summed E-state index contributed by atoms with van der Waals surface area (Å²) in [5, 5.41) is 10.6. The first kappa shape index (κ1) is 17.4. The number of amides is 1. The number of piperidine rings is 1. The predicted octanol–water partition coefficient (Wildman–Crippen LogP) is -0.170. The number of aliphatic hydroxyl groups excluding tert-OH is 1. The molecule has 7 nitrogen and oxygen atoms in total. The van der Waals surface area contributed by atoms with Crippen LogP contribution in [0.15, 0.2) is 15.7 Å². The molecule has 1 aromatic heterocycles. The minimum atomic E-state index is -3.61. The van der Waals surface area contributed by atoms with Crippen LogP contribution in [0, 0.1) is 5.92 Å². The lowest BCUT2D eigenvalue weighted by molar-refractivity contribution is 0.100. The van der Waals surface area contributed by atoms with Crippen molar-refractivity contribution < 1.29 is 18.3 Å². The van der Waals surface area contributed by atoms with E-state index in [-0.39, 0.29) is 22.3 Å². The molecule has 4 N–H and O–H groups in total. The number of nitrogens with zero attached hydrogens (tertiary/aromatic N) is 1. The first-order chi connectivity index (χ1) is 10.4. The zero-order valence-corrected chi connectivity index (χ0v) is 13.8. The molecule has 9 heteroatoms. The van der Waals surface area contributed by atoms with Crippen molar-refractivity contribution in [1.29, 1.82) is 0 Å². The summed E-state index contributed by atoms with van der Waals surface area (Å²) >= 11 is 0.977. The quantitative estimate of drug-likeness (QED) is 0.634. The zero-order valence-electron chi connectivity index (χ0n) is 12.2. The Hall–Kier alpha value is -1.00. The minimum absolute atomic E-state index is 0.0909. The molecule has 0 radical (unpaired) electrons. The summed E-state index contributed by atoms with van der Waals surface area (Å²) in [4.78, 5) is 13.2. The molecule has 1 aromatic rings. The molecule has 1 saturated heterocycles. The van der Waals surface area contributed by atoms with Gasteiger partial charge in [0.2, 0.25) is 15.9 Å². The number of sulfonamides is 1. The van der Waals surface area contributed by atoms with Gasteiger partial charge in [-0.05, 0) is 31.4 Å². The number of rotatable bonds is 7. The molecule has 0 spiro atoms. The van der Waals surface area contributed by atoms with Crippen molar-refractivity contribution in [2.75, 3.05) is 32.8 Å². The van der Waals surface area contributed by atoms with Crippen LogP contribution in [0.5, 0.6) is 0 Å². The second kappa shape index (κ2) is 7.51. The maximum Gasteiger partial charge on any atom is 0.250 e. The van der Waals surface area contributed by atoms with Gasteiger partial charge in [-0.25, -0.2) is 13.1 Å². The molecule has 1 unspecified atom stereocenters. The van der Waals surface area contributed by atoms with E-state index in [1.54, 1.807) is 0 Å². The predicted molar refractivity (Wildman–Crippen MR) is 84.3 cm³/mol. The van der Waals surface area contributed by atoms with E-state index in [9.17, 15) is 18.3 Å². The van der Waals surface area contributed by atoms with Crippen molar-refractivity contribution in [3.63, 3.8) is 0 Å². The molecule has 0 saturated carbocycles. The van der Waals surface area contributed by atoms with Crippen LogP contribution < -0.4 is 10.5 Å². The van der Waals surface area contributed by atoms with Crippen LogP contribution in [0.4, 0.5) is 0 Å². The molecular weight excluding hydrogens is 326 g/mol. The lowest BCUT2D eigenvalue weighted by Crippen LogP contribution is -2.41. The highest BCUT2D eigenvalue weighted by atomic mass is 32.2. The topological polar surface area (TPSA) is 113 Å². The van der Waals surface area contributed by atoms with E-state index in [4.69, 9.17) is 5.73 Å². The van der Waals surface area contributed by atoms with Gasteiger partial charge in [-0.15, -0.1) is 11.3 Å². The number of hydrogen-bond acceptors (Lipinski definition) is 6. The van der Waals surface area contributed by atoms with E-state index in [0.29, 0.717) is 13.1 Å². The van der Waals surface area contributed by atoms with E-state index in [0.717, 1.165) is 37.3 Å². The molecule has 1 amide bonds. The van der Waals surface area contributed by atoms with Crippen LogP contribution in [-0.2, 0) is 10.0 Å². The fraction of sp³-hybridized carbons (Fsp3) is 0.615. The Kier molecular flexibility index (Phi) is 5.93. The van der Waals surface area contributed by atoms with E-state index in [1.807, 2.05) is 0 Å². The van der Waals surface area contributed by atoms with Crippen molar-refractivity contribution in [1.82, 2.24) is 9.62 Å². The Morgan fingerprint density at radius 1 is 1.55 bits per heavy atom. The van der Waals surface area contributed by atoms with Gasteiger partial charge in [0.15, 0.2) is 0 Å². The fourth-order valence-electron chi connectivity index (χ4n) is 2.50. The molecule has 0 aromatic carbocycles. The molecule has 124 valence electrons. The summed E-state index contributed by atoms with van der Waals surface area (Å²) < 4.78 is 26.9. The molecule has 22 heavy (non-hydrogen) atoms. The summed E-state index contributed by atoms with van der Waals surface area (Å²) in [6.07, 6.45) is 2.04. The van der Waals surface area contributed by atoms with Gasteiger partial charge in [0.05, 0.1) is 5.56 Å². The third-order valence-corrected chi connectivity index (χ3v) is 6.61. The number of aliphatic hydroxyl groups is 1. The largest absolute Gasteiger partial charge is 0.396 e. The molecule has 1 atom stereocenters. The number of carbonyl (C=O) groups excluding carboxylic acids is 1. The molecule has 1 aliphatic heterocycles. The number of nitrogens with one attached hydrogen (secondary N) is 1. The number of likely N-dealkylation sites (tertiary alicyclic amines) is 1. The van der Waals surface area contributed by atoms with Crippen LogP contribution in [-0.4, -0.2) is 57.1 Å². The monoisotopic (exact) mass is 347 g/mol. The van der Waals surface area contributed by atoms with Gasteiger partial charge < -0.3 is 15.7 Å². The maximum absolute atomic E-state index is 12.1. The number of thiophene rings is 1.